The summed E-state index contributed by atoms with van der Waals surface area (Å²) in [5, 5.41) is 21.6. The lowest BCUT2D eigenvalue weighted by Gasteiger charge is -2.20. The first kappa shape index (κ1) is 24.8. The van der Waals surface area contributed by atoms with Crippen LogP contribution in [-0.2, 0) is 17.8 Å². The highest BCUT2D eigenvalue weighted by molar-refractivity contribution is 5.87. The summed E-state index contributed by atoms with van der Waals surface area (Å²) in [6.45, 7) is 1.17. The predicted octanol–water partition coefficient (Wildman–Crippen LogP) is 5.88. The van der Waals surface area contributed by atoms with Crippen molar-refractivity contribution in [1.29, 1.82) is 0 Å². The predicted molar refractivity (Wildman–Crippen MR) is 132 cm³/mol. The number of aromatic carboxylic acids is 1. The fourth-order valence-corrected chi connectivity index (χ4v) is 3.83. The van der Waals surface area contributed by atoms with Crippen LogP contribution in [0.2, 0.25) is 0 Å². The molecule has 0 aliphatic rings. The lowest BCUT2D eigenvalue weighted by atomic mass is 9.93. The maximum absolute atomic E-state index is 11.1. The maximum atomic E-state index is 11.1. The molecule has 3 rings (SSSR count). The Kier molecular flexibility index (Phi) is 9.52. The van der Waals surface area contributed by atoms with Gasteiger partial charge in [-0.05, 0) is 60.6 Å². The molecule has 0 saturated heterocycles. The van der Waals surface area contributed by atoms with Crippen LogP contribution < -0.4 is 10.1 Å². The van der Waals surface area contributed by atoms with Gasteiger partial charge in [0.1, 0.15) is 12.4 Å². The number of unbranched alkanes of at least 4 members (excludes halogenated alkanes) is 1. The first-order valence-corrected chi connectivity index (χ1v) is 11.5. The van der Waals surface area contributed by atoms with Crippen LogP contribution in [0.4, 0.5) is 5.69 Å². The molecule has 1 atom stereocenters. The van der Waals surface area contributed by atoms with Crippen molar-refractivity contribution < 1.29 is 24.5 Å². The Bertz CT molecular complexity index is 1050. The Labute approximate surface area is 200 Å². The zero-order chi connectivity index (χ0) is 24.2. The maximum Gasteiger partial charge on any atom is 0.335 e. The zero-order valence-corrected chi connectivity index (χ0v) is 19.2. The molecule has 0 heterocycles. The van der Waals surface area contributed by atoms with Gasteiger partial charge in [-0.1, -0.05) is 61.0 Å². The Morgan fingerprint density at radius 2 is 1.53 bits per heavy atom. The van der Waals surface area contributed by atoms with Gasteiger partial charge in [-0.25, -0.2) is 4.79 Å². The van der Waals surface area contributed by atoms with E-state index in [0.29, 0.717) is 19.6 Å². The monoisotopic (exact) mass is 461 g/mol. The molecule has 6 nitrogen and oxygen atoms in total. The topological polar surface area (TPSA) is 95.9 Å². The number of rotatable bonds is 14. The van der Waals surface area contributed by atoms with E-state index in [1.807, 2.05) is 66.7 Å². The van der Waals surface area contributed by atoms with Crippen LogP contribution in [0.3, 0.4) is 0 Å². The summed E-state index contributed by atoms with van der Waals surface area (Å²) < 4.78 is 6.05. The van der Waals surface area contributed by atoms with Crippen LogP contribution in [0.25, 0.3) is 0 Å². The van der Waals surface area contributed by atoms with Gasteiger partial charge in [0, 0.05) is 13.0 Å². The number of hydrogen-bond donors (Lipinski definition) is 3. The first-order chi connectivity index (χ1) is 16.5. The van der Waals surface area contributed by atoms with Crippen molar-refractivity contribution in [1.82, 2.24) is 0 Å². The average Bonchev–Trinajstić information content (AvgIpc) is 2.85. The number of carboxylic acid groups (broad SMARTS) is 2. The zero-order valence-electron chi connectivity index (χ0n) is 19.2. The second-order valence-electron chi connectivity index (χ2n) is 8.36. The molecule has 0 saturated carbocycles. The number of anilines is 1. The summed E-state index contributed by atoms with van der Waals surface area (Å²) in [6, 6.07) is 24.8. The molecule has 34 heavy (non-hydrogen) atoms. The average molecular weight is 462 g/mol. The highest BCUT2D eigenvalue weighted by Crippen LogP contribution is 2.26. The molecule has 0 spiro atoms. The van der Waals surface area contributed by atoms with E-state index in [2.05, 4.69) is 5.32 Å². The third kappa shape index (κ3) is 8.28. The Morgan fingerprint density at radius 1 is 0.824 bits per heavy atom. The molecule has 178 valence electrons. The van der Waals surface area contributed by atoms with Crippen molar-refractivity contribution in [3.63, 3.8) is 0 Å². The minimum absolute atomic E-state index is 0.170. The lowest BCUT2D eigenvalue weighted by molar-refractivity contribution is -0.137. The SMILES string of the molecule is O=C(O)CCCCC(CNc1ccccc1OCc1ccccc1)Cc1ccc(C(=O)O)cc1. The summed E-state index contributed by atoms with van der Waals surface area (Å²) in [7, 11) is 0. The quantitative estimate of drug-likeness (QED) is 0.260. The molecule has 0 aliphatic heterocycles. The smallest absolute Gasteiger partial charge is 0.335 e. The summed E-state index contributed by atoms with van der Waals surface area (Å²) >= 11 is 0. The number of nitrogens with one attached hydrogen (secondary N) is 1. The standard InChI is InChI=1S/C28H31NO5/c30-27(31)13-7-4-10-23(18-21-14-16-24(17-15-21)28(32)33)19-29-25-11-5-6-12-26(25)34-20-22-8-2-1-3-9-22/h1-3,5-6,8-9,11-12,14-17,23,29H,4,7,10,13,18-20H2,(H,30,31)(H,32,33). The molecule has 0 aromatic heterocycles. The van der Waals surface area contributed by atoms with E-state index in [1.54, 1.807) is 12.1 Å². The van der Waals surface area contributed by atoms with Gasteiger partial charge in [0.2, 0.25) is 0 Å². The summed E-state index contributed by atoms with van der Waals surface area (Å²) in [5.74, 6) is -0.678. The van der Waals surface area contributed by atoms with E-state index in [-0.39, 0.29) is 17.9 Å². The molecule has 0 amide bonds. The first-order valence-electron chi connectivity index (χ1n) is 11.5. The van der Waals surface area contributed by atoms with E-state index in [1.165, 1.54) is 0 Å². The highest BCUT2D eigenvalue weighted by atomic mass is 16.5. The molecule has 6 heteroatoms. The number of carbonyl (C=O) groups is 2. The van der Waals surface area contributed by atoms with Crippen LogP contribution in [0.5, 0.6) is 5.75 Å². The fraction of sp³-hybridized carbons (Fsp3) is 0.286. The highest BCUT2D eigenvalue weighted by Gasteiger charge is 2.13. The largest absolute Gasteiger partial charge is 0.487 e. The van der Waals surface area contributed by atoms with Crippen LogP contribution in [0.15, 0.2) is 78.9 Å². The molecular weight excluding hydrogens is 430 g/mol. The van der Waals surface area contributed by atoms with Gasteiger partial charge in [0.05, 0.1) is 11.3 Å². The molecular formula is C28H31NO5. The van der Waals surface area contributed by atoms with Gasteiger partial charge in [0.25, 0.3) is 0 Å². The molecule has 0 bridgehead atoms. The van der Waals surface area contributed by atoms with Crippen LogP contribution in [-0.4, -0.2) is 28.7 Å². The van der Waals surface area contributed by atoms with Crippen LogP contribution in [0, 0.1) is 5.92 Å². The Morgan fingerprint density at radius 3 is 2.24 bits per heavy atom. The number of hydrogen-bond acceptors (Lipinski definition) is 4. The van der Waals surface area contributed by atoms with E-state index >= 15 is 0 Å². The van der Waals surface area contributed by atoms with Gasteiger partial charge in [-0.3, -0.25) is 4.79 Å². The van der Waals surface area contributed by atoms with Gasteiger partial charge in [-0.15, -0.1) is 0 Å². The van der Waals surface area contributed by atoms with Crippen LogP contribution in [0.1, 0.15) is 47.2 Å². The van der Waals surface area contributed by atoms with Crippen molar-refractivity contribution >= 4 is 17.6 Å². The van der Waals surface area contributed by atoms with Crippen LogP contribution >= 0.6 is 0 Å². The molecule has 0 aliphatic carbocycles. The third-order valence-corrected chi connectivity index (χ3v) is 5.68. The van der Waals surface area contributed by atoms with Crippen molar-refractivity contribution in [2.24, 2.45) is 5.92 Å². The number of benzene rings is 3. The third-order valence-electron chi connectivity index (χ3n) is 5.68. The number of carboxylic acids is 2. The van der Waals surface area contributed by atoms with Crippen molar-refractivity contribution in [2.75, 3.05) is 11.9 Å². The van der Waals surface area contributed by atoms with Crippen molar-refractivity contribution in [3.8, 4) is 5.75 Å². The molecule has 3 aromatic carbocycles. The second kappa shape index (κ2) is 13.0. The minimum atomic E-state index is -0.939. The second-order valence-corrected chi connectivity index (χ2v) is 8.36. The van der Waals surface area contributed by atoms with Crippen molar-refractivity contribution in [2.45, 2.75) is 38.7 Å². The summed E-state index contributed by atoms with van der Waals surface area (Å²) in [6.07, 6.45) is 3.27. The van der Waals surface area contributed by atoms with E-state index in [4.69, 9.17) is 14.9 Å². The summed E-state index contributed by atoms with van der Waals surface area (Å²) in [5.41, 5.74) is 3.33. The molecule has 0 fully saturated rings. The normalized spacial score (nSPS) is 11.5. The van der Waals surface area contributed by atoms with Gasteiger partial charge in [-0.2, -0.15) is 0 Å². The number of aliphatic carboxylic acids is 1. The molecule has 1 unspecified atom stereocenters. The van der Waals surface area contributed by atoms with Crippen molar-refractivity contribution in [3.05, 3.63) is 95.6 Å². The van der Waals surface area contributed by atoms with E-state index in [9.17, 15) is 9.59 Å². The lowest BCUT2D eigenvalue weighted by Crippen LogP contribution is -2.18. The Balaban J connectivity index is 1.63. The minimum Gasteiger partial charge on any atom is -0.487 e. The van der Waals surface area contributed by atoms with Gasteiger partial charge in [0.15, 0.2) is 0 Å². The molecule has 0 radical (unpaired) electrons. The van der Waals surface area contributed by atoms with E-state index in [0.717, 1.165) is 41.8 Å². The Hall–Kier alpha value is -3.80. The number of para-hydroxylation sites is 2. The number of ether oxygens (including phenoxy) is 1. The van der Waals surface area contributed by atoms with Gasteiger partial charge < -0.3 is 20.3 Å². The van der Waals surface area contributed by atoms with E-state index < -0.39 is 11.9 Å². The summed E-state index contributed by atoms with van der Waals surface area (Å²) in [4.78, 5) is 22.0. The molecule has 3 aromatic rings. The van der Waals surface area contributed by atoms with Gasteiger partial charge >= 0.3 is 11.9 Å². The fourth-order valence-electron chi connectivity index (χ4n) is 3.83. The molecule has 3 N–H and O–H groups in total.